The quantitative estimate of drug-likeness (QED) is 0.678. The Morgan fingerprint density at radius 3 is 2.50 bits per heavy atom. The summed E-state index contributed by atoms with van der Waals surface area (Å²) >= 11 is 0. The van der Waals surface area contributed by atoms with Crippen LogP contribution in [0.1, 0.15) is 21.5 Å². The van der Waals surface area contributed by atoms with Crippen LogP contribution in [-0.4, -0.2) is 15.5 Å². The minimum atomic E-state index is -0.400. The minimum absolute atomic E-state index is 0.0352. The molecule has 0 spiro atoms. The lowest BCUT2D eigenvalue weighted by molar-refractivity contribution is 0.0472. The van der Waals surface area contributed by atoms with E-state index in [-0.39, 0.29) is 12.2 Å². The molecule has 0 fully saturated rings. The van der Waals surface area contributed by atoms with Crippen LogP contribution in [0.15, 0.2) is 78.0 Å². The molecule has 0 atom stereocenters. The van der Waals surface area contributed by atoms with E-state index in [1.165, 1.54) is 12.3 Å². The van der Waals surface area contributed by atoms with Crippen molar-refractivity contribution in [3.05, 3.63) is 100 Å². The molecule has 0 bridgehead atoms. The first-order valence-electron chi connectivity index (χ1n) is 7.53. The molecule has 3 rings (SSSR count). The maximum atomic E-state index is 11.9. The molecule has 5 nitrogen and oxygen atoms in total. The van der Waals surface area contributed by atoms with Crippen molar-refractivity contribution in [3.63, 3.8) is 0 Å². The average Bonchev–Trinajstić information content (AvgIpc) is 2.63. The van der Waals surface area contributed by atoms with Crippen LogP contribution in [0.5, 0.6) is 0 Å². The van der Waals surface area contributed by atoms with Gasteiger partial charge in [0.25, 0.3) is 5.56 Å². The third kappa shape index (κ3) is 3.95. The van der Waals surface area contributed by atoms with E-state index in [1.807, 2.05) is 30.3 Å². The zero-order valence-corrected chi connectivity index (χ0v) is 13.0. The predicted octanol–water partition coefficient (Wildman–Crippen LogP) is 2.65. The van der Waals surface area contributed by atoms with E-state index in [2.05, 4.69) is 4.98 Å². The second-order valence-electron chi connectivity index (χ2n) is 5.30. The molecule has 0 unspecified atom stereocenters. The summed E-state index contributed by atoms with van der Waals surface area (Å²) in [5.74, 6) is -0.400. The molecule has 1 aromatic carbocycles. The fraction of sp³-hybridized carbons (Fsp3) is 0.105. The van der Waals surface area contributed by atoms with Crippen molar-refractivity contribution >= 4 is 5.97 Å². The van der Waals surface area contributed by atoms with Gasteiger partial charge in [-0.25, -0.2) is 4.79 Å². The summed E-state index contributed by atoms with van der Waals surface area (Å²) in [4.78, 5) is 27.5. The molecule has 0 amide bonds. The van der Waals surface area contributed by atoms with E-state index < -0.39 is 5.97 Å². The molecule has 5 heteroatoms. The number of carbonyl (C=O) groups is 1. The number of pyridine rings is 2. The largest absolute Gasteiger partial charge is 0.457 e. The molecule has 3 aromatic rings. The topological polar surface area (TPSA) is 61.2 Å². The number of hydrogen-bond acceptors (Lipinski definition) is 4. The summed E-state index contributed by atoms with van der Waals surface area (Å²) in [5.41, 5.74) is 2.28. The highest BCUT2D eigenvalue weighted by atomic mass is 16.5. The Morgan fingerprint density at radius 1 is 1.00 bits per heavy atom. The summed E-state index contributed by atoms with van der Waals surface area (Å²) < 4.78 is 6.89. The van der Waals surface area contributed by atoms with Gasteiger partial charge in [-0.15, -0.1) is 0 Å². The summed E-state index contributed by atoms with van der Waals surface area (Å²) in [6.07, 6.45) is 4.84. The number of ether oxygens (including phenoxy) is 1. The molecule has 2 aromatic heterocycles. The lowest BCUT2D eigenvalue weighted by Crippen LogP contribution is -2.18. The number of rotatable bonds is 5. The van der Waals surface area contributed by atoms with Crippen LogP contribution < -0.4 is 5.56 Å². The number of aromatic nitrogens is 2. The Hall–Kier alpha value is -3.21. The number of hydrogen-bond donors (Lipinski definition) is 0. The molecular formula is C19H16N2O3. The first-order valence-corrected chi connectivity index (χ1v) is 7.53. The summed E-state index contributed by atoms with van der Waals surface area (Å²) in [7, 11) is 0. The highest BCUT2D eigenvalue weighted by molar-refractivity contribution is 5.88. The smallest absolute Gasteiger partial charge is 0.340 e. The average molecular weight is 320 g/mol. The zero-order chi connectivity index (χ0) is 16.8. The van der Waals surface area contributed by atoms with Crippen LogP contribution in [-0.2, 0) is 17.9 Å². The van der Waals surface area contributed by atoms with E-state index in [4.69, 9.17) is 4.74 Å². The Kier molecular flexibility index (Phi) is 4.81. The second kappa shape index (κ2) is 7.37. The van der Waals surface area contributed by atoms with Gasteiger partial charge in [0, 0.05) is 24.7 Å². The number of esters is 1. The van der Waals surface area contributed by atoms with Gasteiger partial charge in [0.15, 0.2) is 0 Å². The summed E-state index contributed by atoms with van der Waals surface area (Å²) in [6, 6.07) is 16.1. The van der Waals surface area contributed by atoms with Gasteiger partial charge >= 0.3 is 5.97 Å². The summed E-state index contributed by atoms with van der Waals surface area (Å²) in [6.45, 7) is 0.703. The van der Waals surface area contributed by atoms with Gasteiger partial charge in [0.2, 0.25) is 0 Å². The standard InChI is InChI=1S/C19H16N2O3/c22-18-5-1-2-11-21(18)13-15-6-8-16(9-7-15)14-24-19(23)17-4-3-10-20-12-17/h1-12H,13-14H2. The van der Waals surface area contributed by atoms with Crippen LogP contribution in [0.2, 0.25) is 0 Å². The van der Waals surface area contributed by atoms with Gasteiger partial charge < -0.3 is 9.30 Å². The molecule has 0 aliphatic heterocycles. The zero-order valence-electron chi connectivity index (χ0n) is 13.0. The monoisotopic (exact) mass is 320 g/mol. The van der Waals surface area contributed by atoms with Gasteiger partial charge in [-0.3, -0.25) is 9.78 Å². The molecule has 0 radical (unpaired) electrons. The Labute approximate surface area is 139 Å². The maximum Gasteiger partial charge on any atom is 0.340 e. The number of benzene rings is 1. The van der Waals surface area contributed by atoms with Crippen molar-refractivity contribution in [2.75, 3.05) is 0 Å². The molecule has 0 aliphatic rings. The first kappa shape index (κ1) is 15.7. The normalized spacial score (nSPS) is 10.3. The molecule has 0 saturated carbocycles. The SMILES string of the molecule is O=C(OCc1ccc(Cn2ccccc2=O)cc1)c1cccnc1. The van der Waals surface area contributed by atoms with E-state index in [1.54, 1.807) is 35.2 Å². The van der Waals surface area contributed by atoms with Crippen molar-refractivity contribution in [2.24, 2.45) is 0 Å². The van der Waals surface area contributed by atoms with Crippen LogP contribution in [0.25, 0.3) is 0 Å². The van der Waals surface area contributed by atoms with E-state index in [9.17, 15) is 9.59 Å². The van der Waals surface area contributed by atoms with Gasteiger partial charge in [0.05, 0.1) is 12.1 Å². The molecule has 0 N–H and O–H groups in total. The Balaban J connectivity index is 1.60. The molecule has 120 valence electrons. The number of nitrogens with zero attached hydrogens (tertiary/aromatic N) is 2. The molecule has 2 heterocycles. The van der Waals surface area contributed by atoms with E-state index in [0.29, 0.717) is 12.1 Å². The predicted molar refractivity (Wildman–Crippen MR) is 89.6 cm³/mol. The number of carbonyl (C=O) groups excluding carboxylic acids is 1. The van der Waals surface area contributed by atoms with Gasteiger partial charge in [-0.1, -0.05) is 30.3 Å². The van der Waals surface area contributed by atoms with Gasteiger partial charge in [-0.05, 0) is 29.3 Å². The van der Waals surface area contributed by atoms with Gasteiger partial charge in [0.1, 0.15) is 6.61 Å². The highest BCUT2D eigenvalue weighted by Crippen LogP contribution is 2.08. The lowest BCUT2D eigenvalue weighted by atomic mass is 10.1. The van der Waals surface area contributed by atoms with Gasteiger partial charge in [-0.2, -0.15) is 0 Å². The van der Waals surface area contributed by atoms with Crippen molar-refractivity contribution in [1.29, 1.82) is 0 Å². The van der Waals surface area contributed by atoms with Crippen LogP contribution in [0, 0.1) is 0 Å². The molecule has 0 aliphatic carbocycles. The first-order chi connectivity index (χ1) is 11.7. The third-order valence-electron chi connectivity index (χ3n) is 3.54. The second-order valence-corrected chi connectivity index (χ2v) is 5.30. The van der Waals surface area contributed by atoms with Crippen molar-refractivity contribution in [1.82, 2.24) is 9.55 Å². The molecule has 24 heavy (non-hydrogen) atoms. The molecular weight excluding hydrogens is 304 g/mol. The summed E-state index contributed by atoms with van der Waals surface area (Å²) in [5, 5.41) is 0. The van der Waals surface area contributed by atoms with Crippen LogP contribution >= 0.6 is 0 Å². The third-order valence-corrected chi connectivity index (χ3v) is 3.54. The lowest BCUT2D eigenvalue weighted by Gasteiger charge is -2.07. The maximum absolute atomic E-state index is 11.9. The Morgan fingerprint density at radius 2 is 1.79 bits per heavy atom. The highest BCUT2D eigenvalue weighted by Gasteiger charge is 2.07. The van der Waals surface area contributed by atoms with Crippen molar-refractivity contribution in [3.8, 4) is 0 Å². The fourth-order valence-electron chi connectivity index (χ4n) is 2.24. The molecule has 0 saturated heterocycles. The van der Waals surface area contributed by atoms with Crippen LogP contribution in [0.3, 0.4) is 0 Å². The van der Waals surface area contributed by atoms with Crippen molar-refractivity contribution < 1.29 is 9.53 Å². The van der Waals surface area contributed by atoms with Crippen LogP contribution in [0.4, 0.5) is 0 Å². The Bertz CT molecular complexity index is 871. The van der Waals surface area contributed by atoms with E-state index in [0.717, 1.165) is 11.1 Å². The minimum Gasteiger partial charge on any atom is -0.457 e. The fourth-order valence-corrected chi connectivity index (χ4v) is 2.24. The van der Waals surface area contributed by atoms with Crippen molar-refractivity contribution in [2.45, 2.75) is 13.2 Å². The van der Waals surface area contributed by atoms with E-state index >= 15 is 0 Å².